The van der Waals surface area contributed by atoms with Crippen molar-refractivity contribution >= 4 is 11.4 Å². The molecule has 4 heteroatoms. The zero-order valence-corrected chi connectivity index (χ0v) is 8.27. The maximum absolute atomic E-state index is 13.3. The highest BCUT2D eigenvalue weighted by molar-refractivity contribution is 5.68. The second kappa shape index (κ2) is 3.82. The topological polar surface area (TPSA) is 52.0 Å². The maximum atomic E-state index is 13.3. The minimum absolute atomic E-state index is 0.0243. The Hall–Kier alpha value is -1.32. The molecule has 4 N–H and O–H groups in total. The van der Waals surface area contributed by atoms with Crippen LogP contribution in [0.1, 0.15) is 19.4 Å². The van der Waals surface area contributed by atoms with Crippen LogP contribution in [0.15, 0.2) is 6.07 Å². The fourth-order valence-corrected chi connectivity index (χ4v) is 1.31. The number of halogens is 2. The van der Waals surface area contributed by atoms with Gasteiger partial charge in [-0.25, -0.2) is 8.78 Å². The summed E-state index contributed by atoms with van der Waals surface area (Å²) in [6.07, 6.45) is 0.460. The molecule has 2 nitrogen and oxygen atoms in total. The molecule has 0 bridgehead atoms. The molecule has 0 atom stereocenters. The van der Waals surface area contributed by atoms with Gasteiger partial charge in [0.2, 0.25) is 0 Å². The average molecular weight is 200 g/mol. The number of nitrogen functional groups attached to an aromatic ring is 2. The van der Waals surface area contributed by atoms with E-state index in [0.29, 0.717) is 12.0 Å². The number of benzene rings is 1. The van der Waals surface area contributed by atoms with Gasteiger partial charge in [-0.05, 0) is 12.3 Å². The highest BCUT2D eigenvalue weighted by Crippen LogP contribution is 2.28. The molecule has 0 saturated carbocycles. The molecule has 0 radical (unpaired) electrons. The predicted octanol–water partition coefficient (Wildman–Crippen LogP) is 2.33. The van der Waals surface area contributed by atoms with Gasteiger partial charge in [-0.3, -0.25) is 0 Å². The molecule has 0 aliphatic heterocycles. The molecule has 0 aliphatic rings. The van der Waals surface area contributed by atoms with Gasteiger partial charge < -0.3 is 11.5 Å². The Kier molecular flexibility index (Phi) is 2.93. The van der Waals surface area contributed by atoms with Crippen LogP contribution in [0.25, 0.3) is 0 Å². The first-order chi connectivity index (χ1) is 6.43. The Balaban J connectivity index is 3.22. The molecule has 78 valence electrons. The summed E-state index contributed by atoms with van der Waals surface area (Å²) in [5.41, 5.74) is 11.1. The Labute approximate surface area is 81.9 Å². The SMILES string of the molecule is CC(C)Cc1c(F)cc(F)c(N)c1N. The molecular weight excluding hydrogens is 186 g/mol. The number of hydrogen-bond acceptors (Lipinski definition) is 2. The van der Waals surface area contributed by atoms with Crippen LogP contribution in [-0.4, -0.2) is 0 Å². The monoisotopic (exact) mass is 200 g/mol. The molecule has 1 rings (SSSR count). The lowest BCUT2D eigenvalue weighted by atomic mass is 10.00. The lowest BCUT2D eigenvalue weighted by molar-refractivity contribution is 0.556. The molecule has 1 aromatic rings. The average Bonchev–Trinajstić information content (AvgIpc) is 2.09. The quantitative estimate of drug-likeness (QED) is 0.720. The summed E-state index contributed by atoms with van der Waals surface area (Å²) in [4.78, 5) is 0. The van der Waals surface area contributed by atoms with Gasteiger partial charge in [0.25, 0.3) is 0 Å². The van der Waals surface area contributed by atoms with Crippen LogP contribution in [-0.2, 0) is 6.42 Å². The number of anilines is 2. The van der Waals surface area contributed by atoms with Crippen LogP contribution in [0.3, 0.4) is 0 Å². The Morgan fingerprint density at radius 1 is 1.14 bits per heavy atom. The van der Waals surface area contributed by atoms with E-state index in [0.717, 1.165) is 6.07 Å². The summed E-state index contributed by atoms with van der Waals surface area (Å²) in [6.45, 7) is 3.86. The molecule has 0 amide bonds. The van der Waals surface area contributed by atoms with Crippen LogP contribution in [0.2, 0.25) is 0 Å². The second-order valence-corrected chi connectivity index (χ2v) is 3.74. The zero-order chi connectivity index (χ0) is 10.9. The third-order valence-corrected chi connectivity index (χ3v) is 2.03. The smallest absolute Gasteiger partial charge is 0.151 e. The molecule has 1 aromatic carbocycles. The van der Waals surface area contributed by atoms with Crippen LogP contribution >= 0.6 is 0 Å². The van der Waals surface area contributed by atoms with Crippen molar-refractivity contribution in [3.63, 3.8) is 0 Å². The fraction of sp³-hybridized carbons (Fsp3) is 0.400. The molecule has 0 aromatic heterocycles. The lowest BCUT2D eigenvalue weighted by Gasteiger charge is -2.12. The molecule has 0 heterocycles. The van der Waals surface area contributed by atoms with Crippen LogP contribution < -0.4 is 11.5 Å². The third-order valence-electron chi connectivity index (χ3n) is 2.03. The first-order valence-electron chi connectivity index (χ1n) is 4.45. The van der Waals surface area contributed by atoms with Crippen molar-refractivity contribution in [1.29, 1.82) is 0 Å². The van der Waals surface area contributed by atoms with Crippen molar-refractivity contribution in [2.75, 3.05) is 11.5 Å². The summed E-state index contributed by atoms with van der Waals surface area (Å²) in [5, 5.41) is 0. The van der Waals surface area contributed by atoms with Gasteiger partial charge in [-0.2, -0.15) is 0 Å². The molecule has 0 spiro atoms. The van der Waals surface area contributed by atoms with Crippen molar-refractivity contribution < 1.29 is 8.78 Å². The Bertz CT molecular complexity index is 348. The van der Waals surface area contributed by atoms with Crippen molar-refractivity contribution in [3.05, 3.63) is 23.3 Å². The number of hydrogen-bond donors (Lipinski definition) is 2. The zero-order valence-electron chi connectivity index (χ0n) is 8.27. The van der Waals surface area contributed by atoms with E-state index in [1.54, 1.807) is 0 Å². The molecule has 0 aliphatic carbocycles. The van der Waals surface area contributed by atoms with Crippen molar-refractivity contribution in [3.8, 4) is 0 Å². The van der Waals surface area contributed by atoms with E-state index < -0.39 is 11.6 Å². The fourth-order valence-electron chi connectivity index (χ4n) is 1.31. The lowest BCUT2D eigenvalue weighted by Crippen LogP contribution is -2.07. The van der Waals surface area contributed by atoms with E-state index >= 15 is 0 Å². The third kappa shape index (κ3) is 1.95. The van der Waals surface area contributed by atoms with E-state index in [4.69, 9.17) is 11.5 Å². The highest BCUT2D eigenvalue weighted by atomic mass is 19.1. The summed E-state index contributed by atoms with van der Waals surface area (Å²) in [7, 11) is 0. The van der Waals surface area contributed by atoms with Crippen molar-refractivity contribution in [2.45, 2.75) is 20.3 Å². The van der Waals surface area contributed by atoms with E-state index in [1.807, 2.05) is 13.8 Å². The molecule has 0 saturated heterocycles. The minimum Gasteiger partial charge on any atom is -0.397 e. The Morgan fingerprint density at radius 3 is 2.21 bits per heavy atom. The van der Waals surface area contributed by atoms with Gasteiger partial charge in [-0.15, -0.1) is 0 Å². The van der Waals surface area contributed by atoms with E-state index in [-0.39, 0.29) is 17.3 Å². The van der Waals surface area contributed by atoms with Crippen LogP contribution in [0.5, 0.6) is 0 Å². The minimum atomic E-state index is -0.799. The van der Waals surface area contributed by atoms with Gasteiger partial charge in [-0.1, -0.05) is 13.8 Å². The summed E-state index contributed by atoms with van der Waals surface area (Å²) in [6, 6.07) is 0.781. The predicted molar refractivity (Wildman–Crippen MR) is 53.7 cm³/mol. The van der Waals surface area contributed by atoms with Gasteiger partial charge >= 0.3 is 0 Å². The molecule has 0 fully saturated rings. The van der Waals surface area contributed by atoms with Crippen molar-refractivity contribution in [1.82, 2.24) is 0 Å². The summed E-state index contributed by atoms with van der Waals surface area (Å²) >= 11 is 0. The summed E-state index contributed by atoms with van der Waals surface area (Å²) in [5.74, 6) is -1.17. The largest absolute Gasteiger partial charge is 0.397 e. The first-order valence-corrected chi connectivity index (χ1v) is 4.45. The van der Waals surface area contributed by atoms with Gasteiger partial charge in [0.15, 0.2) is 5.82 Å². The first kappa shape index (κ1) is 10.8. The van der Waals surface area contributed by atoms with Crippen LogP contribution in [0.4, 0.5) is 20.2 Å². The molecule has 0 unspecified atom stereocenters. The number of rotatable bonds is 2. The van der Waals surface area contributed by atoms with E-state index in [2.05, 4.69) is 0 Å². The maximum Gasteiger partial charge on any atom is 0.151 e. The van der Waals surface area contributed by atoms with E-state index in [9.17, 15) is 8.78 Å². The summed E-state index contributed by atoms with van der Waals surface area (Å²) < 4.78 is 26.2. The van der Waals surface area contributed by atoms with Crippen molar-refractivity contribution in [2.24, 2.45) is 5.92 Å². The van der Waals surface area contributed by atoms with Crippen LogP contribution in [0, 0.1) is 17.6 Å². The number of nitrogens with two attached hydrogens (primary N) is 2. The second-order valence-electron chi connectivity index (χ2n) is 3.74. The molecular formula is C10H14F2N2. The standard InChI is InChI=1S/C10H14F2N2/c1-5(2)3-6-7(11)4-8(12)10(14)9(6)13/h4-5H,3,13-14H2,1-2H3. The van der Waals surface area contributed by atoms with E-state index in [1.165, 1.54) is 0 Å². The molecule has 14 heavy (non-hydrogen) atoms. The highest BCUT2D eigenvalue weighted by Gasteiger charge is 2.14. The Morgan fingerprint density at radius 2 is 1.71 bits per heavy atom. The van der Waals surface area contributed by atoms with Gasteiger partial charge in [0.1, 0.15) is 5.82 Å². The van der Waals surface area contributed by atoms with Gasteiger partial charge in [0, 0.05) is 11.6 Å². The normalized spacial score (nSPS) is 10.9. The van der Waals surface area contributed by atoms with Gasteiger partial charge in [0.05, 0.1) is 11.4 Å².